The van der Waals surface area contributed by atoms with Crippen LogP contribution in [0.4, 0.5) is 0 Å². The summed E-state index contributed by atoms with van der Waals surface area (Å²) in [5.41, 5.74) is 3.61. The van der Waals surface area contributed by atoms with E-state index in [1.54, 1.807) is 17.1 Å². The topological polar surface area (TPSA) is 111 Å². The van der Waals surface area contributed by atoms with Crippen molar-refractivity contribution >= 4 is 11.8 Å². The van der Waals surface area contributed by atoms with Crippen LogP contribution in [-0.2, 0) is 9.59 Å². The molecule has 0 aliphatic rings. The van der Waals surface area contributed by atoms with Crippen molar-refractivity contribution in [3.05, 3.63) is 60.2 Å². The number of carbonyl (C=O) groups excluding carboxylic acids is 2. The van der Waals surface area contributed by atoms with E-state index in [4.69, 9.17) is 4.74 Å². The fraction of sp³-hybridized carbons (Fsp3) is 0.364. The van der Waals surface area contributed by atoms with Crippen LogP contribution in [0.2, 0.25) is 0 Å². The molecule has 0 radical (unpaired) electrons. The molecule has 8 nitrogen and oxygen atoms in total. The smallest absolute Gasteiger partial charge is 0.236 e. The van der Waals surface area contributed by atoms with E-state index in [9.17, 15) is 19.8 Å². The molecule has 0 saturated carbocycles. The Morgan fingerprint density at radius 3 is 2.37 bits per heavy atom. The first-order chi connectivity index (χ1) is 14.4. The number of likely N-dealkylation sites (N-methyl/N-ethyl adjacent to an activating group) is 1. The number of hydrogen-bond acceptors (Lipinski definition) is 6. The van der Waals surface area contributed by atoms with Crippen LogP contribution in [0.5, 0.6) is 11.5 Å². The van der Waals surface area contributed by atoms with E-state index in [0.29, 0.717) is 12.3 Å². The molecule has 0 spiro atoms. The minimum absolute atomic E-state index is 0.0374. The van der Waals surface area contributed by atoms with Gasteiger partial charge in [-0.05, 0) is 29.8 Å². The molecule has 30 heavy (non-hydrogen) atoms. The number of benzene rings is 2. The summed E-state index contributed by atoms with van der Waals surface area (Å²) in [5, 5.41) is 23.9. The molecule has 2 amide bonds. The molecule has 0 aromatic heterocycles. The van der Waals surface area contributed by atoms with Crippen molar-refractivity contribution in [3.63, 3.8) is 0 Å². The largest absolute Gasteiger partial charge is 0.508 e. The van der Waals surface area contributed by atoms with E-state index >= 15 is 0 Å². The molecule has 2 aromatic rings. The number of hydrogen-bond donors (Lipinski definition) is 4. The minimum Gasteiger partial charge on any atom is -0.508 e. The van der Waals surface area contributed by atoms with E-state index in [-0.39, 0.29) is 37.1 Å². The zero-order valence-electron chi connectivity index (χ0n) is 17.2. The minimum atomic E-state index is -0.834. The summed E-state index contributed by atoms with van der Waals surface area (Å²) in [7, 11) is 0. The normalized spacial score (nSPS) is 12.8. The molecular formula is C22H29N3O5. The van der Waals surface area contributed by atoms with Crippen molar-refractivity contribution in [2.75, 3.05) is 19.7 Å². The molecule has 4 N–H and O–H groups in total. The molecule has 0 aliphatic heterocycles. The van der Waals surface area contributed by atoms with E-state index in [2.05, 4.69) is 10.7 Å². The number of aliphatic hydroxyl groups excluding tert-OH is 1. The summed E-state index contributed by atoms with van der Waals surface area (Å²) in [6, 6.07) is 15.1. The van der Waals surface area contributed by atoms with Crippen LogP contribution in [0.15, 0.2) is 54.6 Å². The van der Waals surface area contributed by atoms with Gasteiger partial charge in [0, 0.05) is 20.0 Å². The Hall–Kier alpha value is -3.10. The summed E-state index contributed by atoms with van der Waals surface area (Å²) in [6.45, 7) is 3.97. The molecule has 8 heteroatoms. The number of hydrazine groups is 1. The van der Waals surface area contributed by atoms with Crippen LogP contribution in [0, 0.1) is 0 Å². The lowest BCUT2D eigenvalue weighted by atomic mass is 10.0. The van der Waals surface area contributed by atoms with Gasteiger partial charge in [0.25, 0.3) is 0 Å². The highest BCUT2D eigenvalue weighted by Crippen LogP contribution is 2.17. The molecular weight excluding hydrogens is 386 g/mol. The number of phenolic OH excluding ortho intramolecular Hbond substituents is 1. The van der Waals surface area contributed by atoms with E-state index in [1.807, 2.05) is 37.3 Å². The Morgan fingerprint density at radius 2 is 1.77 bits per heavy atom. The van der Waals surface area contributed by atoms with Gasteiger partial charge < -0.3 is 20.3 Å². The van der Waals surface area contributed by atoms with Gasteiger partial charge in [-0.1, -0.05) is 37.3 Å². The number of aromatic hydroxyl groups is 1. The van der Waals surface area contributed by atoms with Crippen LogP contribution in [0.1, 0.15) is 31.9 Å². The lowest BCUT2D eigenvalue weighted by Gasteiger charge is -2.26. The van der Waals surface area contributed by atoms with Gasteiger partial charge in [-0.15, -0.1) is 0 Å². The summed E-state index contributed by atoms with van der Waals surface area (Å²) in [5.74, 6) is 0.174. The standard InChI is InChI=1S/C22H29N3O5/c1-3-25(14-19(28)15-30-20-11-9-18(27)10-12-20)24-22(29)13-21(23-16(2)26)17-7-5-4-6-8-17/h4-12,19,21,27-28H,3,13-15H2,1-2H3,(H,23,26)(H,24,29). The Morgan fingerprint density at radius 1 is 1.10 bits per heavy atom. The van der Waals surface area contributed by atoms with Crippen molar-refractivity contribution in [1.82, 2.24) is 15.8 Å². The van der Waals surface area contributed by atoms with Crippen LogP contribution in [-0.4, -0.2) is 52.8 Å². The zero-order valence-corrected chi connectivity index (χ0v) is 17.2. The molecule has 2 rings (SSSR count). The van der Waals surface area contributed by atoms with Crippen molar-refractivity contribution in [2.45, 2.75) is 32.4 Å². The number of nitrogens with one attached hydrogen (secondary N) is 2. The van der Waals surface area contributed by atoms with Gasteiger partial charge in [-0.3, -0.25) is 15.0 Å². The maximum Gasteiger partial charge on any atom is 0.236 e. The molecule has 0 heterocycles. The molecule has 0 bridgehead atoms. The van der Waals surface area contributed by atoms with Crippen molar-refractivity contribution in [1.29, 1.82) is 0 Å². The van der Waals surface area contributed by atoms with Crippen LogP contribution in [0.3, 0.4) is 0 Å². The van der Waals surface area contributed by atoms with E-state index in [1.165, 1.54) is 19.1 Å². The van der Waals surface area contributed by atoms with E-state index in [0.717, 1.165) is 5.56 Å². The quantitative estimate of drug-likeness (QED) is 0.416. The molecule has 162 valence electrons. The number of phenols is 1. The van der Waals surface area contributed by atoms with Gasteiger partial charge in [0.1, 0.15) is 24.2 Å². The highest BCUT2D eigenvalue weighted by molar-refractivity contribution is 5.78. The fourth-order valence-electron chi connectivity index (χ4n) is 2.89. The Labute approximate surface area is 176 Å². The Balaban J connectivity index is 1.86. The van der Waals surface area contributed by atoms with Gasteiger partial charge in [0.2, 0.25) is 11.8 Å². The third kappa shape index (κ3) is 8.10. The molecule has 0 saturated heterocycles. The van der Waals surface area contributed by atoms with Gasteiger partial charge in [-0.2, -0.15) is 0 Å². The predicted molar refractivity (Wildman–Crippen MR) is 113 cm³/mol. The zero-order chi connectivity index (χ0) is 21.9. The molecule has 2 aromatic carbocycles. The van der Waals surface area contributed by atoms with Gasteiger partial charge >= 0.3 is 0 Å². The highest BCUT2D eigenvalue weighted by Gasteiger charge is 2.19. The molecule has 2 unspecified atom stereocenters. The maximum atomic E-state index is 12.5. The lowest BCUT2D eigenvalue weighted by molar-refractivity contribution is -0.127. The second-order valence-electron chi connectivity index (χ2n) is 6.90. The molecule has 0 fully saturated rings. The average Bonchev–Trinajstić information content (AvgIpc) is 2.72. The van der Waals surface area contributed by atoms with Crippen LogP contribution < -0.4 is 15.5 Å². The number of ether oxygens (including phenoxy) is 1. The summed E-state index contributed by atoms with van der Waals surface area (Å²) in [6.07, 6.45) is -0.764. The molecule has 2 atom stereocenters. The van der Waals surface area contributed by atoms with Crippen molar-refractivity contribution in [3.8, 4) is 11.5 Å². The first kappa shape index (κ1) is 23.2. The predicted octanol–water partition coefficient (Wildman–Crippen LogP) is 1.75. The second-order valence-corrected chi connectivity index (χ2v) is 6.90. The van der Waals surface area contributed by atoms with Crippen molar-refractivity contribution < 1.29 is 24.5 Å². The molecule has 0 aliphatic carbocycles. The van der Waals surface area contributed by atoms with Crippen LogP contribution in [0.25, 0.3) is 0 Å². The van der Waals surface area contributed by atoms with Crippen molar-refractivity contribution in [2.24, 2.45) is 0 Å². The number of nitrogens with zero attached hydrogens (tertiary/aromatic N) is 1. The van der Waals surface area contributed by atoms with Crippen LogP contribution >= 0.6 is 0 Å². The number of amides is 2. The number of aliphatic hydroxyl groups is 1. The highest BCUT2D eigenvalue weighted by atomic mass is 16.5. The third-order valence-corrected chi connectivity index (χ3v) is 4.34. The summed E-state index contributed by atoms with van der Waals surface area (Å²) in [4.78, 5) is 24.1. The fourth-order valence-corrected chi connectivity index (χ4v) is 2.89. The number of carbonyl (C=O) groups is 2. The SMILES string of the molecule is CCN(CC(O)COc1ccc(O)cc1)NC(=O)CC(NC(C)=O)c1ccccc1. The average molecular weight is 415 g/mol. The van der Waals surface area contributed by atoms with Gasteiger partial charge in [-0.25, -0.2) is 5.01 Å². The van der Waals surface area contributed by atoms with E-state index < -0.39 is 12.1 Å². The lowest BCUT2D eigenvalue weighted by Crippen LogP contribution is -2.47. The summed E-state index contributed by atoms with van der Waals surface area (Å²) < 4.78 is 5.49. The monoisotopic (exact) mass is 415 g/mol. The van der Waals surface area contributed by atoms with Gasteiger partial charge in [0.05, 0.1) is 12.5 Å². The maximum absolute atomic E-state index is 12.5. The summed E-state index contributed by atoms with van der Waals surface area (Å²) >= 11 is 0. The van der Waals surface area contributed by atoms with Gasteiger partial charge in [0.15, 0.2) is 0 Å². The second kappa shape index (κ2) is 11.8. The third-order valence-electron chi connectivity index (χ3n) is 4.34. The Bertz CT molecular complexity index is 798. The first-order valence-electron chi connectivity index (χ1n) is 9.83. The Kier molecular flexibility index (Phi) is 9.11. The first-order valence-corrected chi connectivity index (χ1v) is 9.83. The number of rotatable bonds is 11.